The largest absolute Gasteiger partial charge is 0.495 e. The van der Waals surface area contributed by atoms with Crippen LogP contribution in [0.5, 0.6) is 5.75 Å². The number of para-hydroxylation sites is 2. The highest BCUT2D eigenvalue weighted by Gasteiger charge is 2.31. The third kappa shape index (κ3) is 4.92. The van der Waals surface area contributed by atoms with E-state index in [9.17, 15) is 4.79 Å². The SMILES string of the molecule is COc1ccccc1N1CCN([C@H](c2cccs2)[C@H](C)NC(=O)c2ccccc2)CC1. The maximum absolute atomic E-state index is 12.8. The highest BCUT2D eigenvalue weighted by Crippen LogP contribution is 2.32. The van der Waals surface area contributed by atoms with Gasteiger partial charge in [-0.15, -0.1) is 11.3 Å². The summed E-state index contributed by atoms with van der Waals surface area (Å²) in [6, 6.07) is 22.0. The molecule has 1 aliphatic rings. The van der Waals surface area contributed by atoms with Gasteiger partial charge in [-0.25, -0.2) is 0 Å². The minimum absolute atomic E-state index is 0.0100. The molecule has 0 saturated carbocycles. The van der Waals surface area contributed by atoms with Gasteiger partial charge in [0.25, 0.3) is 5.91 Å². The molecule has 2 atom stereocenters. The summed E-state index contributed by atoms with van der Waals surface area (Å²) in [6.07, 6.45) is 0. The minimum atomic E-state index is -0.0256. The molecule has 3 aromatic rings. The first-order valence-corrected chi connectivity index (χ1v) is 11.6. The maximum Gasteiger partial charge on any atom is 0.251 e. The lowest BCUT2D eigenvalue weighted by atomic mass is 10.0. The number of carbonyl (C=O) groups excluding carboxylic acids is 1. The summed E-state index contributed by atoms with van der Waals surface area (Å²) >= 11 is 1.75. The Labute approximate surface area is 188 Å². The van der Waals surface area contributed by atoms with Crippen LogP contribution in [0.15, 0.2) is 72.1 Å². The molecule has 0 bridgehead atoms. The van der Waals surface area contributed by atoms with Crippen molar-refractivity contribution in [3.8, 4) is 5.75 Å². The highest BCUT2D eigenvalue weighted by molar-refractivity contribution is 7.10. The Kier molecular flexibility index (Phi) is 6.89. The molecule has 1 N–H and O–H groups in total. The quantitative estimate of drug-likeness (QED) is 0.596. The van der Waals surface area contributed by atoms with Gasteiger partial charge in [0.2, 0.25) is 0 Å². The predicted octanol–water partition coefficient (Wildman–Crippen LogP) is 4.44. The Bertz CT molecular complexity index is 969. The van der Waals surface area contributed by atoms with Crippen LogP contribution in [0, 0.1) is 0 Å². The van der Waals surface area contributed by atoms with Crippen molar-refractivity contribution >= 4 is 22.9 Å². The average molecular weight is 436 g/mol. The minimum Gasteiger partial charge on any atom is -0.495 e. The zero-order valence-electron chi connectivity index (χ0n) is 18.0. The lowest BCUT2D eigenvalue weighted by Gasteiger charge is -2.42. The molecule has 0 spiro atoms. The third-order valence-electron chi connectivity index (χ3n) is 5.84. The average Bonchev–Trinajstić information content (AvgIpc) is 3.34. The highest BCUT2D eigenvalue weighted by atomic mass is 32.1. The molecular weight excluding hydrogens is 406 g/mol. The Morgan fingerprint density at radius 1 is 0.968 bits per heavy atom. The van der Waals surface area contributed by atoms with Crippen LogP contribution in [0.1, 0.15) is 28.2 Å². The van der Waals surface area contributed by atoms with Crippen LogP contribution in [-0.2, 0) is 0 Å². The molecule has 1 aromatic heterocycles. The summed E-state index contributed by atoms with van der Waals surface area (Å²) < 4.78 is 5.55. The monoisotopic (exact) mass is 435 g/mol. The third-order valence-corrected chi connectivity index (χ3v) is 6.78. The van der Waals surface area contributed by atoms with Crippen molar-refractivity contribution < 1.29 is 9.53 Å². The molecule has 2 aromatic carbocycles. The summed E-state index contributed by atoms with van der Waals surface area (Å²) in [4.78, 5) is 18.9. The van der Waals surface area contributed by atoms with E-state index < -0.39 is 0 Å². The van der Waals surface area contributed by atoms with Gasteiger partial charge in [0.05, 0.1) is 18.8 Å². The molecule has 162 valence electrons. The molecule has 0 aliphatic carbocycles. The van der Waals surface area contributed by atoms with Gasteiger partial charge < -0.3 is 15.0 Å². The fourth-order valence-electron chi connectivity index (χ4n) is 4.29. The molecule has 6 heteroatoms. The van der Waals surface area contributed by atoms with Crippen LogP contribution in [0.25, 0.3) is 0 Å². The molecular formula is C25H29N3O2S. The summed E-state index contributed by atoms with van der Waals surface area (Å²) in [5.74, 6) is 0.886. The van der Waals surface area contributed by atoms with E-state index in [1.54, 1.807) is 18.4 Å². The Morgan fingerprint density at radius 3 is 2.35 bits per heavy atom. The van der Waals surface area contributed by atoms with Crippen LogP contribution in [0.3, 0.4) is 0 Å². The van der Waals surface area contributed by atoms with E-state index in [2.05, 4.69) is 51.7 Å². The molecule has 0 radical (unpaired) electrons. The molecule has 1 fully saturated rings. The first kappa shape index (κ1) is 21.4. The van der Waals surface area contributed by atoms with Crippen LogP contribution < -0.4 is 15.0 Å². The van der Waals surface area contributed by atoms with Crippen molar-refractivity contribution in [1.82, 2.24) is 10.2 Å². The Morgan fingerprint density at radius 2 is 1.68 bits per heavy atom. The van der Waals surface area contributed by atoms with E-state index in [-0.39, 0.29) is 18.0 Å². The number of rotatable bonds is 7. The smallest absolute Gasteiger partial charge is 0.251 e. The number of amides is 1. The van der Waals surface area contributed by atoms with Gasteiger partial charge in [0.15, 0.2) is 0 Å². The van der Waals surface area contributed by atoms with E-state index in [0.717, 1.165) is 37.6 Å². The van der Waals surface area contributed by atoms with Crippen molar-refractivity contribution in [3.63, 3.8) is 0 Å². The van der Waals surface area contributed by atoms with Gasteiger partial charge in [-0.1, -0.05) is 36.4 Å². The van der Waals surface area contributed by atoms with Crippen LogP contribution in [0.4, 0.5) is 5.69 Å². The van der Waals surface area contributed by atoms with Gasteiger partial charge >= 0.3 is 0 Å². The number of hydrogen-bond acceptors (Lipinski definition) is 5. The number of nitrogens with one attached hydrogen (secondary N) is 1. The Hall–Kier alpha value is -2.83. The summed E-state index contributed by atoms with van der Waals surface area (Å²) in [7, 11) is 1.72. The number of nitrogens with zero attached hydrogens (tertiary/aromatic N) is 2. The Balaban J connectivity index is 1.47. The molecule has 2 heterocycles. The lowest BCUT2D eigenvalue weighted by molar-refractivity contribution is 0.0890. The molecule has 0 unspecified atom stereocenters. The van der Waals surface area contributed by atoms with Gasteiger partial charge in [0.1, 0.15) is 5.75 Å². The van der Waals surface area contributed by atoms with Gasteiger partial charge in [-0.2, -0.15) is 0 Å². The number of piperazine rings is 1. The van der Waals surface area contributed by atoms with Gasteiger partial charge in [-0.3, -0.25) is 9.69 Å². The van der Waals surface area contributed by atoms with Crippen molar-refractivity contribution in [2.75, 3.05) is 38.2 Å². The molecule has 4 rings (SSSR count). The van der Waals surface area contributed by atoms with Crippen molar-refractivity contribution in [3.05, 3.63) is 82.6 Å². The first-order valence-electron chi connectivity index (χ1n) is 10.7. The zero-order chi connectivity index (χ0) is 21.6. The number of carbonyl (C=O) groups is 1. The van der Waals surface area contributed by atoms with E-state index >= 15 is 0 Å². The van der Waals surface area contributed by atoms with E-state index in [1.165, 1.54) is 4.88 Å². The number of benzene rings is 2. The number of anilines is 1. The first-order chi connectivity index (χ1) is 15.2. The van der Waals surface area contributed by atoms with Gasteiger partial charge in [-0.05, 0) is 42.6 Å². The van der Waals surface area contributed by atoms with Gasteiger partial charge in [0, 0.05) is 42.7 Å². The van der Waals surface area contributed by atoms with E-state index in [0.29, 0.717) is 5.56 Å². The van der Waals surface area contributed by atoms with Crippen LogP contribution in [0.2, 0.25) is 0 Å². The summed E-state index contributed by atoms with van der Waals surface area (Å²) in [5, 5.41) is 5.35. The number of thiophene rings is 1. The second kappa shape index (κ2) is 9.98. The van der Waals surface area contributed by atoms with Crippen molar-refractivity contribution in [1.29, 1.82) is 0 Å². The normalized spacial score (nSPS) is 16.5. The number of hydrogen-bond donors (Lipinski definition) is 1. The zero-order valence-corrected chi connectivity index (χ0v) is 18.8. The lowest BCUT2D eigenvalue weighted by Crippen LogP contribution is -2.52. The van der Waals surface area contributed by atoms with E-state index in [1.807, 2.05) is 42.5 Å². The molecule has 1 aliphatic heterocycles. The molecule has 1 saturated heterocycles. The fraction of sp³-hybridized carbons (Fsp3) is 0.320. The number of ether oxygens (including phenoxy) is 1. The van der Waals surface area contributed by atoms with Crippen molar-refractivity contribution in [2.24, 2.45) is 0 Å². The second-order valence-corrected chi connectivity index (χ2v) is 8.76. The van der Waals surface area contributed by atoms with Crippen molar-refractivity contribution in [2.45, 2.75) is 19.0 Å². The van der Waals surface area contributed by atoms with E-state index in [4.69, 9.17) is 4.74 Å². The van der Waals surface area contributed by atoms with Crippen LogP contribution >= 0.6 is 11.3 Å². The predicted molar refractivity (Wildman–Crippen MR) is 127 cm³/mol. The topological polar surface area (TPSA) is 44.8 Å². The summed E-state index contributed by atoms with van der Waals surface area (Å²) in [6.45, 7) is 5.79. The fourth-order valence-corrected chi connectivity index (χ4v) is 5.26. The standard InChI is InChI=1S/C25H29N3O2S/c1-19(26-25(29)20-9-4-3-5-10-20)24(23-13-8-18-31-23)28-16-14-27(15-17-28)21-11-6-7-12-22(21)30-2/h3-13,18-19,24H,14-17H2,1-2H3,(H,26,29)/t19-,24-/m0/s1. The molecule has 1 amide bonds. The second-order valence-electron chi connectivity index (χ2n) is 7.78. The summed E-state index contributed by atoms with van der Waals surface area (Å²) in [5.41, 5.74) is 1.84. The molecule has 31 heavy (non-hydrogen) atoms. The molecule has 5 nitrogen and oxygen atoms in total. The van der Waals surface area contributed by atoms with Crippen LogP contribution in [-0.4, -0.2) is 50.1 Å². The number of methoxy groups -OCH3 is 1. The maximum atomic E-state index is 12.8.